The molecule has 21 heavy (non-hydrogen) atoms. The summed E-state index contributed by atoms with van der Waals surface area (Å²) in [5.41, 5.74) is 0. The SMILES string of the molecule is CCCN(C(=O)N1CCC(C(=O)O)C1C)C1CCNCC1. The van der Waals surface area contributed by atoms with Crippen molar-refractivity contribution in [2.75, 3.05) is 26.2 Å². The fourth-order valence-electron chi connectivity index (χ4n) is 3.50. The van der Waals surface area contributed by atoms with Crippen LogP contribution in [-0.2, 0) is 4.79 Å². The molecule has 0 aromatic carbocycles. The van der Waals surface area contributed by atoms with E-state index in [2.05, 4.69) is 12.2 Å². The fourth-order valence-corrected chi connectivity index (χ4v) is 3.50. The molecular weight excluding hydrogens is 270 g/mol. The molecule has 2 rings (SSSR count). The molecule has 0 saturated carbocycles. The highest BCUT2D eigenvalue weighted by Crippen LogP contribution is 2.27. The zero-order valence-corrected chi connectivity index (χ0v) is 13.0. The van der Waals surface area contributed by atoms with Crippen molar-refractivity contribution in [3.63, 3.8) is 0 Å². The minimum Gasteiger partial charge on any atom is -0.481 e. The Kier molecular flexibility index (Phi) is 5.45. The number of nitrogens with zero attached hydrogens (tertiary/aromatic N) is 2. The predicted octanol–water partition coefficient (Wildman–Crippen LogP) is 1.37. The van der Waals surface area contributed by atoms with Gasteiger partial charge in [-0.3, -0.25) is 4.79 Å². The number of urea groups is 1. The first kappa shape index (κ1) is 16.1. The molecule has 120 valence electrons. The maximum atomic E-state index is 12.9. The van der Waals surface area contributed by atoms with E-state index < -0.39 is 11.9 Å². The van der Waals surface area contributed by atoms with Crippen LogP contribution >= 0.6 is 0 Å². The third-order valence-electron chi connectivity index (χ3n) is 4.78. The van der Waals surface area contributed by atoms with Gasteiger partial charge < -0.3 is 20.2 Å². The van der Waals surface area contributed by atoms with E-state index in [0.29, 0.717) is 13.0 Å². The van der Waals surface area contributed by atoms with Gasteiger partial charge in [0.15, 0.2) is 0 Å². The van der Waals surface area contributed by atoms with E-state index in [1.807, 2.05) is 11.8 Å². The lowest BCUT2D eigenvalue weighted by Gasteiger charge is -2.38. The van der Waals surface area contributed by atoms with Crippen molar-refractivity contribution >= 4 is 12.0 Å². The van der Waals surface area contributed by atoms with E-state index in [9.17, 15) is 14.7 Å². The Morgan fingerprint density at radius 2 is 1.95 bits per heavy atom. The van der Waals surface area contributed by atoms with E-state index >= 15 is 0 Å². The number of hydrogen-bond donors (Lipinski definition) is 2. The van der Waals surface area contributed by atoms with Crippen LogP contribution in [0.4, 0.5) is 4.79 Å². The van der Waals surface area contributed by atoms with Crippen LogP contribution in [0.5, 0.6) is 0 Å². The van der Waals surface area contributed by atoms with Crippen molar-refractivity contribution < 1.29 is 14.7 Å². The highest BCUT2D eigenvalue weighted by atomic mass is 16.4. The highest BCUT2D eigenvalue weighted by Gasteiger charge is 2.40. The van der Waals surface area contributed by atoms with Crippen molar-refractivity contribution in [3.05, 3.63) is 0 Å². The maximum Gasteiger partial charge on any atom is 0.320 e. The largest absolute Gasteiger partial charge is 0.481 e. The van der Waals surface area contributed by atoms with E-state index in [1.165, 1.54) is 0 Å². The molecule has 0 bridgehead atoms. The number of rotatable bonds is 4. The molecule has 0 radical (unpaired) electrons. The van der Waals surface area contributed by atoms with Gasteiger partial charge in [-0.15, -0.1) is 0 Å². The van der Waals surface area contributed by atoms with Crippen molar-refractivity contribution in [1.82, 2.24) is 15.1 Å². The van der Waals surface area contributed by atoms with Crippen LogP contribution in [0, 0.1) is 5.92 Å². The van der Waals surface area contributed by atoms with Crippen LogP contribution in [0.25, 0.3) is 0 Å². The fraction of sp³-hybridized carbons (Fsp3) is 0.867. The predicted molar refractivity (Wildman–Crippen MR) is 80.2 cm³/mol. The Hall–Kier alpha value is -1.30. The first-order chi connectivity index (χ1) is 10.1. The van der Waals surface area contributed by atoms with Gasteiger partial charge in [0, 0.05) is 25.2 Å². The lowest BCUT2D eigenvalue weighted by atomic mass is 10.0. The van der Waals surface area contributed by atoms with Crippen LogP contribution < -0.4 is 5.32 Å². The topological polar surface area (TPSA) is 72.9 Å². The van der Waals surface area contributed by atoms with Gasteiger partial charge in [-0.2, -0.15) is 0 Å². The molecule has 2 aliphatic heterocycles. The van der Waals surface area contributed by atoms with E-state index in [-0.39, 0.29) is 18.1 Å². The molecule has 2 unspecified atom stereocenters. The van der Waals surface area contributed by atoms with E-state index in [4.69, 9.17) is 0 Å². The second-order valence-electron chi connectivity index (χ2n) is 6.12. The zero-order valence-electron chi connectivity index (χ0n) is 13.0. The molecule has 2 heterocycles. The summed E-state index contributed by atoms with van der Waals surface area (Å²) < 4.78 is 0. The molecule has 0 spiro atoms. The highest BCUT2D eigenvalue weighted by molar-refractivity contribution is 5.78. The van der Waals surface area contributed by atoms with Crippen molar-refractivity contribution in [3.8, 4) is 0 Å². The first-order valence-corrected chi connectivity index (χ1v) is 8.07. The average molecular weight is 297 g/mol. The number of carbonyl (C=O) groups is 2. The van der Waals surface area contributed by atoms with Gasteiger partial charge in [0.1, 0.15) is 0 Å². The summed E-state index contributed by atoms with van der Waals surface area (Å²) in [6, 6.07) is 0.103. The molecule has 6 nitrogen and oxygen atoms in total. The average Bonchev–Trinajstić information content (AvgIpc) is 2.87. The lowest BCUT2D eigenvalue weighted by Crippen LogP contribution is -2.52. The molecule has 2 fully saturated rings. The second kappa shape index (κ2) is 7.11. The van der Waals surface area contributed by atoms with Crippen LogP contribution in [-0.4, -0.2) is 65.2 Å². The summed E-state index contributed by atoms with van der Waals surface area (Å²) in [7, 11) is 0. The summed E-state index contributed by atoms with van der Waals surface area (Å²) in [6.07, 6.45) is 3.46. The first-order valence-electron chi connectivity index (χ1n) is 8.07. The number of nitrogens with one attached hydrogen (secondary N) is 1. The molecular formula is C15H27N3O3. The standard InChI is InChI=1S/C15H27N3O3/c1-3-9-18(12-4-7-16-8-5-12)15(21)17-10-6-13(11(17)2)14(19)20/h11-13,16H,3-10H2,1-2H3,(H,19,20). The Morgan fingerprint density at radius 3 is 2.48 bits per heavy atom. The summed E-state index contributed by atoms with van der Waals surface area (Å²) in [5, 5.41) is 12.5. The summed E-state index contributed by atoms with van der Waals surface area (Å²) in [4.78, 5) is 27.8. The smallest absolute Gasteiger partial charge is 0.320 e. The molecule has 0 aromatic rings. The van der Waals surface area contributed by atoms with Crippen molar-refractivity contribution in [2.24, 2.45) is 5.92 Å². The monoisotopic (exact) mass is 297 g/mol. The van der Waals surface area contributed by atoms with Gasteiger partial charge in [0.2, 0.25) is 0 Å². The molecule has 6 heteroatoms. The molecule has 2 atom stereocenters. The van der Waals surface area contributed by atoms with Gasteiger partial charge in [-0.25, -0.2) is 4.79 Å². The number of carboxylic acid groups (broad SMARTS) is 1. The number of carbonyl (C=O) groups excluding carboxylic acids is 1. The normalized spacial score (nSPS) is 26.9. The van der Waals surface area contributed by atoms with Gasteiger partial charge in [0.25, 0.3) is 0 Å². The Labute approximate surface area is 126 Å². The summed E-state index contributed by atoms with van der Waals surface area (Å²) >= 11 is 0. The van der Waals surface area contributed by atoms with E-state index in [1.54, 1.807) is 4.90 Å². The molecule has 2 N–H and O–H groups in total. The Balaban J connectivity index is 2.06. The lowest BCUT2D eigenvalue weighted by molar-refractivity contribution is -0.142. The molecule has 2 saturated heterocycles. The zero-order chi connectivity index (χ0) is 15.4. The van der Waals surface area contributed by atoms with Crippen molar-refractivity contribution in [2.45, 2.75) is 51.6 Å². The number of carboxylic acids is 1. The number of piperidine rings is 1. The quantitative estimate of drug-likeness (QED) is 0.822. The van der Waals surface area contributed by atoms with Gasteiger partial charge in [-0.05, 0) is 45.7 Å². The van der Waals surface area contributed by atoms with Crippen LogP contribution in [0.15, 0.2) is 0 Å². The van der Waals surface area contributed by atoms with Gasteiger partial charge in [0.05, 0.1) is 5.92 Å². The number of aliphatic carboxylic acids is 1. The Bertz CT molecular complexity index is 382. The molecule has 0 aliphatic carbocycles. The van der Waals surface area contributed by atoms with Crippen LogP contribution in [0.1, 0.15) is 39.5 Å². The van der Waals surface area contributed by atoms with E-state index in [0.717, 1.165) is 38.9 Å². The minimum atomic E-state index is -0.790. The minimum absolute atomic E-state index is 0.0278. The molecule has 2 amide bonds. The summed E-state index contributed by atoms with van der Waals surface area (Å²) in [5.74, 6) is -1.22. The number of likely N-dealkylation sites (tertiary alicyclic amines) is 1. The Morgan fingerprint density at radius 1 is 1.29 bits per heavy atom. The number of amides is 2. The molecule has 0 aromatic heterocycles. The summed E-state index contributed by atoms with van der Waals surface area (Å²) in [6.45, 7) is 7.15. The van der Waals surface area contributed by atoms with Crippen LogP contribution in [0.2, 0.25) is 0 Å². The third-order valence-corrected chi connectivity index (χ3v) is 4.78. The van der Waals surface area contributed by atoms with Gasteiger partial charge in [-0.1, -0.05) is 6.92 Å². The van der Waals surface area contributed by atoms with Crippen molar-refractivity contribution in [1.29, 1.82) is 0 Å². The third kappa shape index (κ3) is 3.48. The molecule has 2 aliphatic rings. The van der Waals surface area contributed by atoms with Gasteiger partial charge >= 0.3 is 12.0 Å². The second-order valence-corrected chi connectivity index (χ2v) is 6.12. The number of hydrogen-bond acceptors (Lipinski definition) is 3. The maximum absolute atomic E-state index is 12.9. The van der Waals surface area contributed by atoms with Crippen LogP contribution in [0.3, 0.4) is 0 Å².